The zero-order valence-electron chi connectivity index (χ0n) is 8.94. The van der Waals surface area contributed by atoms with Crippen LogP contribution in [0.4, 0.5) is 5.69 Å². The van der Waals surface area contributed by atoms with Crippen molar-refractivity contribution in [3.8, 4) is 0 Å². The van der Waals surface area contributed by atoms with Gasteiger partial charge in [0.1, 0.15) is 10.4 Å². The third kappa shape index (κ3) is 3.03. The smallest absolute Gasteiger partial charge is 0.148 e. The van der Waals surface area contributed by atoms with Crippen molar-refractivity contribution < 1.29 is 0 Å². The highest BCUT2D eigenvalue weighted by molar-refractivity contribution is 9.10. The van der Waals surface area contributed by atoms with Crippen LogP contribution in [0.15, 0.2) is 41.1 Å². The first-order valence-corrected chi connectivity index (χ1v) is 5.81. The highest BCUT2D eigenvalue weighted by Gasteiger charge is 1.97. The fraction of sp³-hybridized carbons (Fsp3) is 0.167. The molecule has 0 unspecified atom stereocenters. The molecule has 1 aromatic heterocycles. The topological polar surface area (TPSA) is 37.8 Å². The van der Waals surface area contributed by atoms with Gasteiger partial charge in [0.2, 0.25) is 0 Å². The second-order valence-corrected chi connectivity index (χ2v) is 4.33. The van der Waals surface area contributed by atoms with Crippen LogP contribution in [0.2, 0.25) is 0 Å². The molecule has 0 aliphatic carbocycles. The first-order valence-electron chi connectivity index (χ1n) is 5.02. The number of nitrogens with one attached hydrogen (secondary N) is 1. The van der Waals surface area contributed by atoms with Gasteiger partial charge in [-0.15, -0.1) is 0 Å². The number of hydrogen-bond donors (Lipinski definition) is 1. The number of anilines is 1. The van der Waals surface area contributed by atoms with E-state index in [4.69, 9.17) is 0 Å². The summed E-state index contributed by atoms with van der Waals surface area (Å²) in [4.78, 5) is 8.43. The van der Waals surface area contributed by atoms with Gasteiger partial charge in [-0.2, -0.15) is 0 Å². The van der Waals surface area contributed by atoms with Gasteiger partial charge < -0.3 is 5.32 Å². The fourth-order valence-corrected chi connectivity index (χ4v) is 1.72. The first-order chi connectivity index (χ1) is 7.74. The zero-order valence-corrected chi connectivity index (χ0v) is 10.5. The average molecular weight is 278 g/mol. The minimum Gasteiger partial charge on any atom is -0.378 e. The van der Waals surface area contributed by atoms with Gasteiger partial charge in [-0.05, 0) is 46.6 Å². The van der Waals surface area contributed by atoms with E-state index in [0.717, 1.165) is 16.1 Å². The minimum atomic E-state index is 0.628. The van der Waals surface area contributed by atoms with Gasteiger partial charge in [0.05, 0.1) is 6.54 Å². The molecule has 82 valence electrons. The molecule has 0 amide bonds. The highest BCUT2D eigenvalue weighted by atomic mass is 79.9. The summed E-state index contributed by atoms with van der Waals surface area (Å²) in [5.74, 6) is 0.774. The maximum atomic E-state index is 4.25. The average Bonchev–Trinajstić information content (AvgIpc) is 2.27. The molecule has 2 aromatic rings. The number of rotatable bonds is 3. The van der Waals surface area contributed by atoms with Gasteiger partial charge in [0.25, 0.3) is 0 Å². The van der Waals surface area contributed by atoms with E-state index in [2.05, 4.69) is 50.3 Å². The van der Waals surface area contributed by atoms with Crippen molar-refractivity contribution in [2.45, 2.75) is 13.5 Å². The normalized spacial score (nSPS) is 10.1. The summed E-state index contributed by atoms with van der Waals surface area (Å²) in [6.45, 7) is 2.70. The Hall–Kier alpha value is -1.42. The number of benzene rings is 1. The van der Waals surface area contributed by atoms with E-state index in [1.54, 1.807) is 6.20 Å². The molecule has 0 spiro atoms. The molecule has 2 rings (SSSR count). The maximum Gasteiger partial charge on any atom is 0.148 e. The molecule has 0 aliphatic heterocycles. The Morgan fingerprint density at radius 1 is 1.31 bits per heavy atom. The predicted octanol–water partition coefficient (Wildman–Crippen LogP) is 3.16. The van der Waals surface area contributed by atoms with Crippen LogP contribution >= 0.6 is 15.9 Å². The number of nitrogens with zero attached hydrogens (tertiary/aromatic N) is 2. The van der Waals surface area contributed by atoms with E-state index in [-0.39, 0.29) is 0 Å². The lowest BCUT2D eigenvalue weighted by atomic mass is 10.2. The number of halogens is 1. The Balaban J connectivity index is 2.02. The van der Waals surface area contributed by atoms with Gasteiger partial charge in [-0.25, -0.2) is 9.97 Å². The number of aryl methyl sites for hydroxylation is 1. The maximum absolute atomic E-state index is 4.25. The van der Waals surface area contributed by atoms with Crippen molar-refractivity contribution in [1.82, 2.24) is 9.97 Å². The van der Waals surface area contributed by atoms with Gasteiger partial charge >= 0.3 is 0 Å². The Kier molecular flexibility index (Phi) is 3.51. The molecule has 4 heteroatoms. The number of hydrogen-bond acceptors (Lipinski definition) is 3. The second kappa shape index (κ2) is 5.07. The summed E-state index contributed by atoms with van der Waals surface area (Å²) in [6, 6.07) is 10.0. The van der Waals surface area contributed by atoms with E-state index in [1.807, 2.05) is 18.2 Å². The molecule has 0 atom stereocenters. The SMILES string of the molecule is Cc1cccc(NCc2nccc(Br)n2)c1. The van der Waals surface area contributed by atoms with E-state index < -0.39 is 0 Å². The lowest BCUT2D eigenvalue weighted by molar-refractivity contribution is 0.936. The largest absolute Gasteiger partial charge is 0.378 e. The third-order valence-corrected chi connectivity index (χ3v) is 2.58. The van der Waals surface area contributed by atoms with Crippen LogP contribution in [0.25, 0.3) is 0 Å². The quantitative estimate of drug-likeness (QED) is 0.876. The monoisotopic (exact) mass is 277 g/mol. The van der Waals surface area contributed by atoms with Crippen LogP contribution in [-0.4, -0.2) is 9.97 Å². The highest BCUT2D eigenvalue weighted by Crippen LogP contribution is 2.11. The molecule has 3 nitrogen and oxygen atoms in total. The lowest BCUT2D eigenvalue weighted by Gasteiger charge is -2.06. The molecule has 16 heavy (non-hydrogen) atoms. The van der Waals surface area contributed by atoms with Crippen molar-refractivity contribution in [3.63, 3.8) is 0 Å². The molecular weight excluding hydrogens is 266 g/mol. The van der Waals surface area contributed by atoms with Crippen LogP contribution in [-0.2, 0) is 6.54 Å². The molecule has 0 aliphatic rings. The zero-order chi connectivity index (χ0) is 11.4. The molecular formula is C12H12BrN3. The molecule has 1 aromatic carbocycles. The van der Waals surface area contributed by atoms with Crippen LogP contribution in [0.5, 0.6) is 0 Å². The summed E-state index contributed by atoms with van der Waals surface area (Å²) in [7, 11) is 0. The summed E-state index contributed by atoms with van der Waals surface area (Å²) in [5.41, 5.74) is 2.32. The molecule has 0 saturated carbocycles. The summed E-state index contributed by atoms with van der Waals surface area (Å²) >= 11 is 3.32. The number of aromatic nitrogens is 2. The Bertz CT molecular complexity index is 440. The molecule has 0 saturated heterocycles. The molecule has 0 fully saturated rings. The van der Waals surface area contributed by atoms with Crippen LogP contribution < -0.4 is 5.32 Å². The van der Waals surface area contributed by atoms with Gasteiger partial charge in [-0.3, -0.25) is 0 Å². The van der Waals surface area contributed by atoms with Crippen LogP contribution in [0.3, 0.4) is 0 Å². The fourth-order valence-electron chi connectivity index (χ4n) is 1.40. The molecule has 0 radical (unpaired) electrons. The molecule has 0 bridgehead atoms. The molecule has 1 heterocycles. The second-order valence-electron chi connectivity index (χ2n) is 3.52. The van der Waals surface area contributed by atoms with Gasteiger partial charge in [0.15, 0.2) is 0 Å². The molecule has 1 N–H and O–H groups in total. The predicted molar refractivity (Wildman–Crippen MR) is 68.2 cm³/mol. The van der Waals surface area contributed by atoms with E-state index in [0.29, 0.717) is 6.54 Å². The Labute approximate surface area is 103 Å². The van der Waals surface area contributed by atoms with Crippen molar-refractivity contribution in [2.75, 3.05) is 5.32 Å². The van der Waals surface area contributed by atoms with Crippen molar-refractivity contribution in [1.29, 1.82) is 0 Å². The van der Waals surface area contributed by atoms with Gasteiger partial charge in [-0.1, -0.05) is 12.1 Å². The standard InChI is InChI=1S/C12H12BrN3/c1-9-3-2-4-10(7-9)15-8-12-14-6-5-11(13)16-12/h2-7,15H,8H2,1H3. The van der Waals surface area contributed by atoms with Crippen LogP contribution in [0.1, 0.15) is 11.4 Å². The Morgan fingerprint density at radius 3 is 2.94 bits per heavy atom. The van der Waals surface area contributed by atoms with E-state index in [9.17, 15) is 0 Å². The summed E-state index contributed by atoms with van der Waals surface area (Å²) < 4.78 is 0.809. The first kappa shape index (κ1) is 11.1. The van der Waals surface area contributed by atoms with Crippen molar-refractivity contribution in [3.05, 3.63) is 52.5 Å². The van der Waals surface area contributed by atoms with Crippen molar-refractivity contribution >= 4 is 21.6 Å². The van der Waals surface area contributed by atoms with E-state index in [1.165, 1.54) is 5.56 Å². The van der Waals surface area contributed by atoms with Crippen molar-refractivity contribution in [2.24, 2.45) is 0 Å². The Morgan fingerprint density at radius 2 is 2.19 bits per heavy atom. The summed E-state index contributed by atoms with van der Waals surface area (Å²) in [5, 5.41) is 3.28. The van der Waals surface area contributed by atoms with E-state index >= 15 is 0 Å². The summed E-state index contributed by atoms with van der Waals surface area (Å²) in [6.07, 6.45) is 1.74. The lowest BCUT2D eigenvalue weighted by Crippen LogP contribution is -2.03. The van der Waals surface area contributed by atoms with Crippen LogP contribution in [0, 0.1) is 6.92 Å². The third-order valence-electron chi connectivity index (χ3n) is 2.14. The minimum absolute atomic E-state index is 0.628. The van der Waals surface area contributed by atoms with Gasteiger partial charge in [0, 0.05) is 11.9 Å².